The largest absolute Gasteiger partial charge is 0.354 e. The summed E-state index contributed by atoms with van der Waals surface area (Å²) in [6.07, 6.45) is 1.90. The van der Waals surface area contributed by atoms with Gasteiger partial charge in [-0.3, -0.25) is 4.79 Å². The van der Waals surface area contributed by atoms with Gasteiger partial charge >= 0.3 is 0 Å². The summed E-state index contributed by atoms with van der Waals surface area (Å²) < 4.78 is 0. The van der Waals surface area contributed by atoms with E-state index in [0.29, 0.717) is 6.54 Å². The predicted octanol–water partition coefficient (Wildman–Crippen LogP) is 3.26. The third-order valence-corrected chi connectivity index (χ3v) is 4.76. The number of aryl methyl sites for hydroxylation is 2. The minimum absolute atomic E-state index is 0.0261. The molecule has 0 bridgehead atoms. The van der Waals surface area contributed by atoms with Crippen molar-refractivity contribution in [1.82, 2.24) is 10.2 Å². The summed E-state index contributed by atoms with van der Waals surface area (Å²) in [5, 5.41) is 11.5. The summed E-state index contributed by atoms with van der Waals surface area (Å²) in [7, 11) is 0. The number of amides is 1. The molecule has 24 heavy (non-hydrogen) atoms. The van der Waals surface area contributed by atoms with Gasteiger partial charge in [-0.25, -0.2) is 0 Å². The van der Waals surface area contributed by atoms with E-state index in [2.05, 4.69) is 33.4 Å². The third kappa shape index (κ3) is 3.55. The summed E-state index contributed by atoms with van der Waals surface area (Å²) in [6, 6.07) is 9.94. The normalized spacial score (nSPS) is 17.6. The molecular formula is C19H24N4O. The second-order valence-electron chi connectivity index (χ2n) is 6.55. The van der Waals surface area contributed by atoms with Crippen LogP contribution < -0.4 is 10.2 Å². The van der Waals surface area contributed by atoms with Crippen molar-refractivity contribution in [2.75, 3.05) is 23.3 Å². The van der Waals surface area contributed by atoms with Crippen LogP contribution in [0.5, 0.6) is 0 Å². The Hall–Kier alpha value is -2.43. The van der Waals surface area contributed by atoms with Crippen LogP contribution in [0, 0.1) is 26.7 Å². The van der Waals surface area contributed by atoms with E-state index in [0.717, 1.165) is 42.1 Å². The van der Waals surface area contributed by atoms with Gasteiger partial charge in [-0.2, -0.15) is 5.10 Å². The Kier molecular flexibility index (Phi) is 4.79. The van der Waals surface area contributed by atoms with Crippen LogP contribution >= 0.6 is 0 Å². The zero-order chi connectivity index (χ0) is 17.1. The quantitative estimate of drug-likeness (QED) is 0.941. The van der Waals surface area contributed by atoms with Crippen LogP contribution in [0.2, 0.25) is 0 Å². The maximum absolute atomic E-state index is 12.7. The molecule has 1 amide bonds. The Bertz CT molecular complexity index is 727. The molecule has 1 N–H and O–H groups in total. The maximum atomic E-state index is 12.7. The van der Waals surface area contributed by atoms with Crippen molar-refractivity contribution >= 4 is 17.4 Å². The van der Waals surface area contributed by atoms with Crippen LogP contribution in [0.4, 0.5) is 11.5 Å². The number of nitrogens with one attached hydrogen (secondary N) is 1. The maximum Gasteiger partial charge on any atom is 0.229 e. The lowest BCUT2D eigenvalue weighted by Crippen LogP contribution is -2.41. The molecule has 1 aromatic carbocycles. The summed E-state index contributed by atoms with van der Waals surface area (Å²) in [6.45, 7) is 7.64. The lowest BCUT2D eigenvalue weighted by atomic mass is 9.96. The van der Waals surface area contributed by atoms with Crippen LogP contribution in [-0.4, -0.2) is 29.2 Å². The van der Waals surface area contributed by atoms with Crippen LogP contribution in [0.3, 0.4) is 0 Å². The molecule has 1 fully saturated rings. The predicted molar refractivity (Wildman–Crippen MR) is 96.3 cm³/mol. The number of nitrogens with zero attached hydrogens (tertiary/aromatic N) is 3. The van der Waals surface area contributed by atoms with Gasteiger partial charge in [0.05, 0.1) is 11.6 Å². The second kappa shape index (κ2) is 6.99. The number of hydrogen-bond donors (Lipinski definition) is 1. The van der Waals surface area contributed by atoms with E-state index >= 15 is 0 Å². The van der Waals surface area contributed by atoms with Crippen molar-refractivity contribution < 1.29 is 4.79 Å². The number of carbonyl (C=O) groups is 1. The Morgan fingerprint density at radius 3 is 2.75 bits per heavy atom. The van der Waals surface area contributed by atoms with Crippen LogP contribution in [0.15, 0.2) is 30.3 Å². The molecule has 1 saturated heterocycles. The second-order valence-corrected chi connectivity index (χ2v) is 6.55. The first-order valence-corrected chi connectivity index (χ1v) is 8.47. The van der Waals surface area contributed by atoms with Gasteiger partial charge in [-0.15, -0.1) is 5.10 Å². The monoisotopic (exact) mass is 324 g/mol. The van der Waals surface area contributed by atoms with Gasteiger partial charge in [-0.1, -0.05) is 12.1 Å². The molecule has 0 spiro atoms. The van der Waals surface area contributed by atoms with Crippen molar-refractivity contribution in [3.05, 3.63) is 47.2 Å². The van der Waals surface area contributed by atoms with Gasteiger partial charge in [0.25, 0.3) is 0 Å². The molecule has 5 nitrogen and oxygen atoms in total. The number of aromatic nitrogens is 2. The van der Waals surface area contributed by atoms with Gasteiger partial charge in [-0.05, 0) is 62.9 Å². The zero-order valence-electron chi connectivity index (χ0n) is 14.5. The molecule has 1 aliphatic rings. The molecule has 0 aliphatic carbocycles. The molecule has 5 heteroatoms. The van der Waals surface area contributed by atoms with E-state index in [1.54, 1.807) is 0 Å². The smallest absolute Gasteiger partial charge is 0.229 e. The first kappa shape index (κ1) is 16.4. The molecule has 0 radical (unpaired) electrons. The number of rotatable bonds is 3. The highest BCUT2D eigenvalue weighted by Gasteiger charge is 2.27. The van der Waals surface area contributed by atoms with E-state index in [4.69, 9.17) is 0 Å². The highest BCUT2D eigenvalue weighted by atomic mass is 16.1. The van der Waals surface area contributed by atoms with Crippen LogP contribution in [0.25, 0.3) is 0 Å². The van der Waals surface area contributed by atoms with Gasteiger partial charge in [0, 0.05) is 18.8 Å². The highest BCUT2D eigenvalue weighted by molar-refractivity contribution is 5.93. The highest BCUT2D eigenvalue weighted by Crippen LogP contribution is 2.24. The fraction of sp³-hybridized carbons (Fsp3) is 0.421. The van der Waals surface area contributed by atoms with Crippen molar-refractivity contribution in [1.29, 1.82) is 0 Å². The zero-order valence-corrected chi connectivity index (χ0v) is 14.5. The number of anilines is 2. The Balaban J connectivity index is 1.69. The lowest BCUT2D eigenvalue weighted by Gasteiger charge is -2.32. The molecule has 1 unspecified atom stereocenters. The third-order valence-electron chi connectivity index (χ3n) is 4.76. The average molecular weight is 324 g/mol. The van der Waals surface area contributed by atoms with Crippen LogP contribution in [-0.2, 0) is 4.79 Å². The van der Waals surface area contributed by atoms with Gasteiger partial charge in [0.1, 0.15) is 0 Å². The topological polar surface area (TPSA) is 58.1 Å². The number of hydrogen-bond acceptors (Lipinski definition) is 4. The lowest BCUT2D eigenvalue weighted by molar-refractivity contribution is -0.120. The van der Waals surface area contributed by atoms with Crippen molar-refractivity contribution in [3.8, 4) is 0 Å². The molecule has 2 heterocycles. The van der Waals surface area contributed by atoms with Gasteiger partial charge in [0.2, 0.25) is 5.91 Å². The standard InChI is InChI=1S/C19H24N4O/c1-13-6-4-8-17(15(13)3)20-19(24)16-7-5-11-23(12-16)18-10-9-14(2)21-22-18/h4,6,8-10,16H,5,7,11-12H2,1-3H3,(H,20,24). The molecule has 1 aliphatic heterocycles. The van der Waals surface area contributed by atoms with Crippen molar-refractivity contribution in [2.24, 2.45) is 5.92 Å². The average Bonchev–Trinajstić information content (AvgIpc) is 2.60. The van der Waals surface area contributed by atoms with Crippen molar-refractivity contribution in [3.63, 3.8) is 0 Å². The first-order chi connectivity index (χ1) is 11.5. The van der Waals surface area contributed by atoms with Crippen LogP contribution in [0.1, 0.15) is 29.7 Å². The van der Waals surface area contributed by atoms with E-state index in [1.165, 1.54) is 5.56 Å². The van der Waals surface area contributed by atoms with Gasteiger partial charge in [0.15, 0.2) is 5.82 Å². The van der Waals surface area contributed by atoms with Crippen molar-refractivity contribution in [2.45, 2.75) is 33.6 Å². The molecule has 2 aromatic rings. The number of carbonyl (C=O) groups excluding carboxylic acids is 1. The Morgan fingerprint density at radius 1 is 1.17 bits per heavy atom. The fourth-order valence-electron chi connectivity index (χ4n) is 3.08. The molecule has 0 saturated carbocycles. The number of benzene rings is 1. The Morgan fingerprint density at radius 2 is 2.00 bits per heavy atom. The van der Waals surface area contributed by atoms with E-state index in [-0.39, 0.29) is 11.8 Å². The summed E-state index contributed by atoms with van der Waals surface area (Å²) in [5.41, 5.74) is 4.13. The molecule has 1 atom stereocenters. The first-order valence-electron chi connectivity index (χ1n) is 8.47. The van der Waals surface area contributed by atoms with E-state index in [1.807, 2.05) is 38.1 Å². The molecule has 1 aromatic heterocycles. The molecular weight excluding hydrogens is 300 g/mol. The Labute approximate surface area is 143 Å². The SMILES string of the molecule is Cc1ccc(N2CCCC(C(=O)Nc3cccc(C)c3C)C2)nn1. The minimum atomic E-state index is -0.0261. The summed E-state index contributed by atoms with van der Waals surface area (Å²) in [4.78, 5) is 14.8. The fourth-order valence-corrected chi connectivity index (χ4v) is 3.08. The van der Waals surface area contributed by atoms with Gasteiger partial charge < -0.3 is 10.2 Å². The summed E-state index contributed by atoms with van der Waals surface area (Å²) >= 11 is 0. The minimum Gasteiger partial charge on any atom is -0.354 e. The van der Waals surface area contributed by atoms with E-state index in [9.17, 15) is 4.79 Å². The van der Waals surface area contributed by atoms with E-state index < -0.39 is 0 Å². The number of piperidine rings is 1. The molecule has 3 rings (SSSR count). The molecule has 126 valence electrons. The summed E-state index contributed by atoms with van der Waals surface area (Å²) in [5.74, 6) is 0.917.